The van der Waals surface area contributed by atoms with Gasteiger partial charge in [-0.05, 0) is 72.9 Å². The van der Waals surface area contributed by atoms with Crippen molar-refractivity contribution in [3.63, 3.8) is 0 Å². The van der Waals surface area contributed by atoms with Gasteiger partial charge in [0.1, 0.15) is 5.60 Å². The van der Waals surface area contributed by atoms with Gasteiger partial charge in [0.25, 0.3) is 0 Å². The molecule has 5 heteroatoms. The molecule has 2 unspecified atom stereocenters. The Kier molecular flexibility index (Phi) is 6.72. The van der Waals surface area contributed by atoms with Crippen molar-refractivity contribution in [3.8, 4) is 0 Å². The molecule has 0 aromatic rings. The summed E-state index contributed by atoms with van der Waals surface area (Å²) >= 11 is 0. The highest BCUT2D eigenvalue weighted by Crippen LogP contribution is 2.16. The molecule has 0 spiro atoms. The second kappa shape index (κ2) is 8.34. The number of likely N-dealkylation sites (tertiary alicyclic amines) is 2. The van der Waals surface area contributed by atoms with Gasteiger partial charge in [0.15, 0.2) is 0 Å². The molecule has 2 aliphatic heterocycles. The number of carbonyl (C=O) groups is 1. The lowest BCUT2D eigenvalue weighted by molar-refractivity contribution is 0.0256. The molecular formula is C18H35N3O2. The molecule has 2 aliphatic rings. The summed E-state index contributed by atoms with van der Waals surface area (Å²) in [7, 11) is 0. The smallest absolute Gasteiger partial charge is 0.410 e. The molecule has 23 heavy (non-hydrogen) atoms. The second-order valence-electron chi connectivity index (χ2n) is 8.17. The van der Waals surface area contributed by atoms with Gasteiger partial charge in [0, 0.05) is 31.7 Å². The van der Waals surface area contributed by atoms with Crippen LogP contribution in [-0.4, -0.2) is 66.3 Å². The molecule has 0 bridgehead atoms. The fourth-order valence-corrected chi connectivity index (χ4v) is 3.58. The van der Waals surface area contributed by atoms with E-state index in [9.17, 15) is 4.79 Å². The Bertz CT molecular complexity index is 375. The van der Waals surface area contributed by atoms with Crippen molar-refractivity contribution in [2.45, 2.75) is 77.5 Å². The van der Waals surface area contributed by atoms with Gasteiger partial charge < -0.3 is 19.9 Å². The van der Waals surface area contributed by atoms with Crippen LogP contribution in [0.1, 0.15) is 59.8 Å². The number of nitrogens with zero attached hydrogens (tertiary/aromatic N) is 2. The molecule has 5 nitrogen and oxygen atoms in total. The summed E-state index contributed by atoms with van der Waals surface area (Å²) in [6, 6.07) is 1.03. The molecule has 0 aliphatic carbocycles. The van der Waals surface area contributed by atoms with Gasteiger partial charge in [-0.1, -0.05) is 0 Å². The van der Waals surface area contributed by atoms with Crippen LogP contribution in [0.15, 0.2) is 0 Å². The van der Waals surface area contributed by atoms with E-state index in [4.69, 9.17) is 4.74 Å². The second-order valence-corrected chi connectivity index (χ2v) is 8.17. The summed E-state index contributed by atoms with van der Waals surface area (Å²) in [6.45, 7) is 13.3. The van der Waals surface area contributed by atoms with Crippen LogP contribution >= 0.6 is 0 Å². The number of hydrogen-bond acceptors (Lipinski definition) is 4. The lowest BCUT2D eigenvalue weighted by Crippen LogP contribution is -2.44. The first-order valence-corrected chi connectivity index (χ1v) is 9.30. The minimum absolute atomic E-state index is 0.164. The molecule has 0 aromatic carbocycles. The zero-order valence-corrected chi connectivity index (χ0v) is 15.4. The van der Waals surface area contributed by atoms with Gasteiger partial charge in [-0.15, -0.1) is 0 Å². The maximum atomic E-state index is 12.2. The molecule has 2 atom stereocenters. The SMILES string of the molecule is CC(CN1CCCC1)NC1CCCN(C(=O)OC(C)(C)C)CC1. The quantitative estimate of drug-likeness (QED) is 0.863. The maximum absolute atomic E-state index is 12.2. The average Bonchev–Trinajstić information content (AvgIpc) is 2.81. The summed E-state index contributed by atoms with van der Waals surface area (Å²) in [5.74, 6) is 0. The van der Waals surface area contributed by atoms with Crippen molar-refractivity contribution in [1.29, 1.82) is 0 Å². The van der Waals surface area contributed by atoms with E-state index >= 15 is 0 Å². The number of carbonyl (C=O) groups excluding carboxylic acids is 1. The molecule has 0 radical (unpaired) electrons. The van der Waals surface area contributed by atoms with Crippen LogP contribution in [-0.2, 0) is 4.74 Å². The average molecular weight is 325 g/mol. The normalized spacial score (nSPS) is 25.2. The summed E-state index contributed by atoms with van der Waals surface area (Å²) in [4.78, 5) is 16.6. The first-order valence-electron chi connectivity index (χ1n) is 9.30. The highest BCUT2D eigenvalue weighted by molar-refractivity contribution is 5.68. The van der Waals surface area contributed by atoms with Crippen molar-refractivity contribution < 1.29 is 9.53 Å². The van der Waals surface area contributed by atoms with Crippen LogP contribution in [0.5, 0.6) is 0 Å². The Morgan fingerprint density at radius 3 is 2.48 bits per heavy atom. The number of rotatable bonds is 4. The monoisotopic (exact) mass is 325 g/mol. The first-order chi connectivity index (χ1) is 10.8. The molecule has 134 valence electrons. The lowest BCUT2D eigenvalue weighted by Gasteiger charge is -2.27. The van der Waals surface area contributed by atoms with Crippen molar-refractivity contribution in [2.24, 2.45) is 0 Å². The van der Waals surface area contributed by atoms with Crippen molar-refractivity contribution in [3.05, 3.63) is 0 Å². The summed E-state index contributed by atoms with van der Waals surface area (Å²) < 4.78 is 5.50. The summed E-state index contributed by atoms with van der Waals surface area (Å²) in [6.07, 6.45) is 5.74. The molecule has 1 N–H and O–H groups in total. The third-order valence-electron chi connectivity index (χ3n) is 4.63. The third kappa shape index (κ3) is 6.68. The Balaban J connectivity index is 1.73. The van der Waals surface area contributed by atoms with Crippen LogP contribution in [0.25, 0.3) is 0 Å². The molecular weight excluding hydrogens is 290 g/mol. The topological polar surface area (TPSA) is 44.8 Å². The van der Waals surface area contributed by atoms with E-state index in [1.807, 2.05) is 25.7 Å². The van der Waals surface area contributed by atoms with E-state index in [0.717, 1.165) is 38.9 Å². The predicted octanol–water partition coefficient (Wildman–Crippen LogP) is 2.85. The first kappa shape index (κ1) is 18.5. The van der Waals surface area contributed by atoms with Gasteiger partial charge in [-0.2, -0.15) is 0 Å². The predicted molar refractivity (Wildman–Crippen MR) is 93.7 cm³/mol. The van der Waals surface area contributed by atoms with Crippen LogP contribution in [0.4, 0.5) is 4.79 Å². The number of hydrogen-bond donors (Lipinski definition) is 1. The fourth-order valence-electron chi connectivity index (χ4n) is 3.58. The zero-order valence-electron chi connectivity index (χ0n) is 15.4. The van der Waals surface area contributed by atoms with Crippen LogP contribution in [0, 0.1) is 0 Å². The minimum atomic E-state index is -0.411. The maximum Gasteiger partial charge on any atom is 0.410 e. The highest BCUT2D eigenvalue weighted by Gasteiger charge is 2.26. The molecule has 0 aromatic heterocycles. The van der Waals surface area contributed by atoms with Gasteiger partial charge in [-0.3, -0.25) is 0 Å². The molecule has 2 saturated heterocycles. The lowest BCUT2D eigenvalue weighted by atomic mass is 10.1. The third-order valence-corrected chi connectivity index (χ3v) is 4.63. The molecule has 2 fully saturated rings. The van der Waals surface area contributed by atoms with Crippen molar-refractivity contribution >= 4 is 6.09 Å². The van der Waals surface area contributed by atoms with Crippen molar-refractivity contribution in [2.75, 3.05) is 32.7 Å². The van der Waals surface area contributed by atoms with Gasteiger partial charge in [0.05, 0.1) is 0 Å². The highest BCUT2D eigenvalue weighted by atomic mass is 16.6. The zero-order chi connectivity index (χ0) is 16.9. The summed E-state index contributed by atoms with van der Waals surface area (Å²) in [5.41, 5.74) is -0.411. The number of ether oxygens (including phenoxy) is 1. The van der Waals surface area contributed by atoms with Crippen LogP contribution < -0.4 is 5.32 Å². The number of amides is 1. The Morgan fingerprint density at radius 1 is 1.13 bits per heavy atom. The van der Waals surface area contributed by atoms with E-state index in [-0.39, 0.29) is 6.09 Å². The largest absolute Gasteiger partial charge is 0.444 e. The molecule has 2 rings (SSSR count). The Hall–Kier alpha value is -0.810. The summed E-state index contributed by atoms with van der Waals surface area (Å²) in [5, 5.41) is 3.77. The van der Waals surface area contributed by atoms with E-state index in [2.05, 4.69) is 17.1 Å². The molecule has 0 saturated carbocycles. The Labute approximate surface area is 141 Å². The van der Waals surface area contributed by atoms with E-state index < -0.39 is 5.60 Å². The van der Waals surface area contributed by atoms with Crippen LogP contribution in [0.2, 0.25) is 0 Å². The van der Waals surface area contributed by atoms with E-state index in [1.165, 1.54) is 25.9 Å². The standard InChI is InChI=1S/C18H35N3O2/c1-15(14-20-10-5-6-11-20)19-16-8-7-12-21(13-9-16)17(22)23-18(2,3)4/h15-16,19H,5-14H2,1-4H3. The van der Waals surface area contributed by atoms with Crippen LogP contribution in [0.3, 0.4) is 0 Å². The van der Waals surface area contributed by atoms with E-state index in [0.29, 0.717) is 12.1 Å². The van der Waals surface area contributed by atoms with Gasteiger partial charge >= 0.3 is 6.09 Å². The molecule has 2 heterocycles. The molecule has 1 amide bonds. The fraction of sp³-hybridized carbons (Fsp3) is 0.944. The Morgan fingerprint density at radius 2 is 1.83 bits per heavy atom. The minimum Gasteiger partial charge on any atom is -0.444 e. The van der Waals surface area contributed by atoms with Crippen molar-refractivity contribution in [1.82, 2.24) is 15.1 Å². The van der Waals surface area contributed by atoms with Gasteiger partial charge in [0.2, 0.25) is 0 Å². The number of nitrogens with one attached hydrogen (secondary N) is 1. The van der Waals surface area contributed by atoms with E-state index in [1.54, 1.807) is 0 Å². The van der Waals surface area contributed by atoms with Gasteiger partial charge in [-0.25, -0.2) is 4.79 Å².